The maximum Gasteiger partial charge on any atom is 0.220 e. The van der Waals surface area contributed by atoms with E-state index >= 15 is 0 Å². The Labute approximate surface area is 131 Å². The van der Waals surface area contributed by atoms with Crippen LogP contribution in [0.4, 0.5) is 0 Å². The van der Waals surface area contributed by atoms with E-state index in [2.05, 4.69) is 15.5 Å². The van der Waals surface area contributed by atoms with Gasteiger partial charge in [0.25, 0.3) is 0 Å². The van der Waals surface area contributed by atoms with Gasteiger partial charge in [-0.15, -0.1) is 10.2 Å². The molecule has 0 bridgehead atoms. The number of aryl methyl sites for hydroxylation is 1. The normalized spacial score (nSPS) is 18.3. The number of hydrogen-bond donors (Lipinski definition) is 2. The molecule has 6 heteroatoms. The van der Waals surface area contributed by atoms with Crippen LogP contribution in [0.3, 0.4) is 0 Å². The molecule has 1 amide bonds. The fourth-order valence-electron chi connectivity index (χ4n) is 2.71. The van der Waals surface area contributed by atoms with E-state index in [4.69, 9.17) is 4.42 Å². The Morgan fingerprint density at radius 2 is 2.14 bits per heavy atom. The molecule has 1 aliphatic rings. The number of aromatic nitrogens is 2. The van der Waals surface area contributed by atoms with E-state index in [1.165, 1.54) is 12.8 Å². The summed E-state index contributed by atoms with van der Waals surface area (Å²) in [6, 6.07) is 0. The molecule has 2 rings (SSSR count). The molecule has 1 fully saturated rings. The number of aliphatic hydroxyl groups is 1. The van der Waals surface area contributed by atoms with Gasteiger partial charge in [0.05, 0.1) is 6.10 Å². The molecule has 1 aromatic rings. The van der Waals surface area contributed by atoms with Crippen LogP contribution in [-0.4, -0.2) is 33.9 Å². The molecule has 6 nitrogen and oxygen atoms in total. The Morgan fingerprint density at radius 1 is 1.41 bits per heavy atom. The fourth-order valence-corrected chi connectivity index (χ4v) is 2.71. The van der Waals surface area contributed by atoms with Gasteiger partial charge in [-0.3, -0.25) is 4.79 Å². The molecule has 1 saturated carbocycles. The highest BCUT2D eigenvalue weighted by Crippen LogP contribution is 2.33. The number of amides is 1. The summed E-state index contributed by atoms with van der Waals surface area (Å²) in [6.45, 7) is 4.29. The molecule has 2 unspecified atom stereocenters. The van der Waals surface area contributed by atoms with Crippen molar-refractivity contribution < 1.29 is 14.3 Å². The smallest absolute Gasteiger partial charge is 0.220 e. The highest BCUT2D eigenvalue weighted by molar-refractivity contribution is 5.76. The third-order valence-corrected chi connectivity index (χ3v) is 4.56. The molecule has 124 valence electrons. The number of nitrogens with one attached hydrogen (secondary N) is 1. The van der Waals surface area contributed by atoms with Crippen LogP contribution >= 0.6 is 0 Å². The van der Waals surface area contributed by atoms with Gasteiger partial charge in [0.2, 0.25) is 17.7 Å². The first-order chi connectivity index (χ1) is 10.6. The van der Waals surface area contributed by atoms with Crippen LogP contribution in [0.15, 0.2) is 4.42 Å². The molecule has 0 aliphatic heterocycles. The highest BCUT2D eigenvalue weighted by Gasteiger charge is 2.22. The van der Waals surface area contributed by atoms with Crippen molar-refractivity contribution in [1.82, 2.24) is 15.5 Å². The summed E-state index contributed by atoms with van der Waals surface area (Å²) in [5.74, 6) is 1.74. The van der Waals surface area contributed by atoms with E-state index in [-0.39, 0.29) is 11.8 Å². The van der Waals surface area contributed by atoms with Crippen molar-refractivity contribution in [3.8, 4) is 0 Å². The summed E-state index contributed by atoms with van der Waals surface area (Å²) in [4.78, 5) is 11.8. The number of hydrogen-bond acceptors (Lipinski definition) is 5. The van der Waals surface area contributed by atoms with Gasteiger partial charge >= 0.3 is 0 Å². The summed E-state index contributed by atoms with van der Waals surface area (Å²) in [6.07, 6.45) is 5.84. The lowest BCUT2D eigenvalue weighted by molar-refractivity contribution is -0.121. The lowest BCUT2D eigenvalue weighted by Crippen LogP contribution is -2.35. The Kier molecular flexibility index (Phi) is 6.36. The first-order valence-electron chi connectivity index (χ1n) is 8.37. The van der Waals surface area contributed by atoms with Gasteiger partial charge in [0.15, 0.2) is 0 Å². The Bertz CT molecular complexity index is 469. The maximum absolute atomic E-state index is 11.8. The molecule has 0 radical (unpaired) electrons. The van der Waals surface area contributed by atoms with Crippen molar-refractivity contribution in [2.45, 2.75) is 70.8 Å². The quantitative estimate of drug-likeness (QED) is 0.768. The number of rotatable bonds is 8. The minimum Gasteiger partial charge on any atom is -0.425 e. The zero-order chi connectivity index (χ0) is 15.9. The predicted octanol–water partition coefficient (Wildman–Crippen LogP) is 2.18. The van der Waals surface area contributed by atoms with Crippen molar-refractivity contribution in [1.29, 1.82) is 0 Å². The SMILES string of the molecule is CCC(C)C(O)CNC(=O)CCc1nnc(C2CCCC2)o1. The fraction of sp³-hybridized carbons (Fsp3) is 0.812. The summed E-state index contributed by atoms with van der Waals surface area (Å²) < 4.78 is 5.65. The van der Waals surface area contributed by atoms with Gasteiger partial charge in [-0.1, -0.05) is 33.1 Å². The Hall–Kier alpha value is -1.43. The lowest BCUT2D eigenvalue weighted by Gasteiger charge is -2.17. The molecule has 0 aromatic carbocycles. The van der Waals surface area contributed by atoms with E-state index in [1.807, 2.05) is 13.8 Å². The van der Waals surface area contributed by atoms with E-state index < -0.39 is 6.10 Å². The minimum atomic E-state index is -0.494. The minimum absolute atomic E-state index is 0.0945. The summed E-state index contributed by atoms with van der Waals surface area (Å²) in [7, 11) is 0. The van der Waals surface area contributed by atoms with Crippen LogP contribution in [-0.2, 0) is 11.2 Å². The van der Waals surface area contributed by atoms with Crippen LogP contribution in [0.2, 0.25) is 0 Å². The summed E-state index contributed by atoms with van der Waals surface area (Å²) in [5, 5.41) is 20.7. The van der Waals surface area contributed by atoms with Crippen molar-refractivity contribution in [2.24, 2.45) is 5.92 Å². The number of carbonyl (C=O) groups excluding carboxylic acids is 1. The molecule has 2 atom stereocenters. The highest BCUT2D eigenvalue weighted by atomic mass is 16.4. The number of nitrogens with zero attached hydrogens (tertiary/aromatic N) is 2. The number of aliphatic hydroxyl groups excluding tert-OH is 1. The van der Waals surface area contributed by atoms with Gasteiger partial charge in [-0.25, -0.2) is 0 Å². The standard InChI is InChI=1S/C16H27N3O3/c1-3-11(2)13(20)10-17-14(21)8-9-15-18-19-16(22-15)12-6-4-5-7-12/h11-13,20H,3-10H2,1-2H3,(H,17,21). The van der Waals surface area contributed by atoms with Crippen LogP contribution in [0, 0.1) is 5.92 Å². The largest absolute Gasteiger partial charge is 0.425 e. The van der Waals surface area contributed by atoms with Gasteiger partial charge in [-0.05, 0) is 18.8 Å². The predicted molar refractivity (Wildman–Crippen MR) is 82.3 cm³/mol. The van der Waals surface area contributed by atoms with Crippen LogP contribution in [0.25, 0.3) is 0 Å². The number of carbonyl (C=O) groups is 1. The third-order valence-electron chi connectivity index (χ3n) is 4.56. The lowest BCUT2D eigenvalue weighted by atomic mass is 10.0. The van der Waals surface area contributed by atoms with E-state index in [0.717, 1.165) is 25.2 Å². The van der Waals surface area contributed by atoms with Crippen LogP contribution in [0.5, 0.6) is 0 Å². The van der Waals surface area contributed by atoms with Crippen LogP contribution in [0.1, 0.15) is 70.1 Å². The van der Waals surface area contributed by atoms with E-state index in [0.29, 0.717) is 31.2 Å². The Morgan fingerprint density at radius 3 is 2.82 bits per heavy atom. The van der Waals surface area contributed by atoms with Gasteiger partial charge in [0.1, 0.15) is 0 Å². The van der Waals surface area contributed by atoms with Crippen molar-refractivity contribution in [3.63, 3.8) is 0 Å². The van der Waals surface area contributed by atoms with Crippen LogP contribution < -0.4 is 5.32 Å². The van der Waals surface area contributed by atoms with E-state index in [1.54, 1.807) is 0 Å². The molecule has 1 heterocycles. The summed E-state index contributed by atoms with van der Waals surface area (Å²) >= 11 is 0. The zero-order valence-corrected chi connectivity index (χ0v) is 13.5. The second kappa shape index (κ2) is 8.27. The van der Waals surface area contributed by atoms with Gasteiger partial charge < -0.3 is 14.8 Å². The zero-order valence-electron chi connectivity index (χ0n) is 13.5. The maximum atomic E-state index is 11.8. The topological polar surface area (TPSA) is 88.2 Å². The molecule has 22 heavy (non-hydrogen) atoms. The van der Waals surface area contributed by atoms with Crippen molar-refractivity contribution >= 4 is 5.91 Å². The first-order valence-corrected chi connectivity index (χ1v) is 8.37. The average Bonchev–Trinajstić information content (AvgIpc) is 3.20. The third kappa shape index (κ3) is 4.80. The second-order valence-corrected chi connectivity index (χ2v) is 6.27. The van der Waals surface area contributed by atoms with Gasteiger partial charge in [-0.2, -0.15) is 0 Å². The molecule has 1 aliphatic carbocycles. The molecular weight excluding hydrogens is 282 g/mol. The molecule has 0 spiro atoms. The molecular formula is C16H27N3O3. The summed E-state index contributed by atoms with van der Waals surface area (Å²) in [5.41, 5.74) is 0. The van der Waals surface area contributed by atoms with E-state index in [9.17, 15) is 9.90 Å². The average molecular weight is 309 g/mol. The molecule has 0 saturated heterocycles. The van der Waals surface area contributed by atoms with Crippen molar-refractivity contribution in [3.05, 3.63) is 11.8 Å². The molecule has 1 aromatic heterocycles. The van der Waals surface area contributed by atoms with Gasteiger partial charge in [0, 0.05) is 25.3 Å². The Balaban J connectivity index is 1.70. The second-order valence-electron chi connectivity index (χ2n) is 6.27. The molecule has 2 N–H and O–H groups in total. The monoisotopic (exact) mass is 309 g/mol. The first kappa shape index (κ1) is 16.9. The van der Waals surface area contributed by atoms with Crippen molar-refractivity contribution in [2.75, 3.05) is 6.54 Å².